The molecule has 1 fully saturated rings. The number of hydrogen-bond acceptors (Lipinski definition) is 5. The van der Waals surface area contributed by atoms with E-state index in [9.17, 15) is 14.3 Å². The summed E-state index contributed by atoms with van der Waals surface area (Å²) in [4.78, 5) is 21.5. The van der Waals surface area contributed by atoms with Crippen molar-refractivity contribution in [1.82, 2.24) is 10.3 Å². The highest BCUT2D eigenvalue weighted by molar-refractivity contribution is 8.18. The SMILES string of the molecule is O=C1NC(=NC(CO)c2cccc(F)c2)SC1=Cc1ccc2ncccc2c1. The predicted octanol–water partition coefficient (Wildman–Crippen LogP) is 3.67. The fourth-order valence-electron chi connectivity index (χ4n) is 2.90. The van der Waals surface area contributed by atoms with Gasteiger partial charge in [0.25, 0.3) is 5.91 Å². The third-order valence-electron chi connectivity index (χ3n) is 4.26. The van der Waals surface area contributed by atoms with Gasteiger partial charge in [0.2, 0.25) is 0 Å². The summed E-state index contributed by atoms with van der Waals surface area (Å²) in [6.45, 7) is -0.292. The van der Waals surface area contributed by atoms with E-state index in [1.54, 1.807) is 24.4 Å². The fraction of sp³-hybridized carbons (Fsp3) is 0.0952. The van der Waals surface area contributed by atoms with Crippen molar-refractivity contribution in [3.63, 3.8) is 0 Å². The van der Waals surface area contributed by atoms with Gasteiger partial charge in [-0.05, 0) is 59.3 Å². The predicted molar refractivity (Wildman–Crippen MR) is 109 cm³/mol. The van der Waals surface area contributed by atoms with Gasteiger partial charge < -0.3 is 10.4 Å². The molecule has 1 atom stereocenters. The summed E-state index contributed by atoms with van der Waals surface area (Å²) < 4.78 is 13.4. The Morgan fingerprint density at radius 1 is 1.21 bits per heavy atom. The topological polar surface area (TPSA) is 74.6 Å². The summed E-state index contributed by atoms with van der Waals surface area (Å²) in [5.74, 6) is -0.656. The van der Waals surface area contributed by atoms with Gasteiger partial charge in [0.15, 0.2) is 5.17 Å². The second kappa shape index (κ2) is 7.92. The van der Waals surface area contributed by atoms with Gasteiger partial charge in [-0.15, -0.1) is 0 Å². The number of fused-ring (bicyclic) bond motifs is 1. The first-order valence-corrected chi connectivity index (χ1v) is 9.44. The van der Waals surface area contributed by atoms with Crippen molar-refractivity contribution >= 4 is 39.8 Å². The summed E-state index contributed by atoms with van der Waals surface area (Å²) in [5.41, 5.74) is 2.31. The molecule has 140 valence electrons. The van der Waals surface area contributed by atoms with Crippen LogP contribution in [0.25, 0.3) is 17.0 Å². The van der Waals surface area contributed by atoms with Crippen molar-refractivity contribution in [3.8, 4) is 0 Å². The van der Waals surface area contributed by atoms with Crippen LogP contribution in [-0.4, -0.2) is 27.8 Å². The van der Waals surface area contributed by atoms with E-state index in [1.807, 2.05) is 30.3 Å². The van der Waals surface area contributed by atoms with Gasteiger partial charge in [-0.2, -0.15) is 0 Å². The zero-order valence-corrected chi connectivity index (χ0v) is 15.5. The van der Waals surface area contributed by atoms with Crippen LogP contribution in [0.3, 0.4) is 0 Å². The van der Waals surface area contributed by atoms with Crippen LogP contribution in [0.4, 0.5) is 4.39 Å². The van der Waals surface area contributed by atoms with Crippen LogP contribution in [0.5, 0.6) is 0 Å². The third kappa shape index (κ3) is 3.95. The number of thioether (sulfide) groups is 1. The van der Waals surface area contributed by atoms with E-state index < -0.39 is 11.9 Å². The number of nitrogens with one attached hydrogen (secondary N) is 1. The van der Waals surface area contributed by atoms with E-state index in [-0.39, 0.29) is 12.5 Å². The molecule has 1 unspecified atom stereocenters. The molecule has 28 heavy (non-hydrogen) atoms. The molecule has 7 heteroatoms. The molecular formula is C21H16FN3O2S. The maximum atomic E-state index is 13.4. The molecule has 1 aliphatic heterocycles. The van der Waals surface area contributed by atoms with Crippen molar-refractivity contribution in [1.29, 1.82) is 0 Å². The Labute approximate surface area is 165 Å². The van der Waals surface area contributed by atoms with Crippen molar-refractivity contribution in [2.45, 2.75) is 6.04 Å². The minimum absolute atomic E-state index is 0.258. The van der Waals surface area contributed by atoms with Crippen LogP contribution in [0, 0.1) is 5.82 Å². The van der Waals surface area contributed by atoms with Crippen LogP contribution in [0.15, 0.2) is 70.7 Å². The lowest BCUT2D eigenvalue weighted by molar-refractivity contribution is -0.115. The van der Waals surface area contributed by atoms with E-state index in [0.29, 0.717) is 15.6 Å². The molecule has 2 N–H and O–H groups in total. The third-order valence-corrected chi connectivity index (χ3v) is 5.18. The number of halogens is 1. The number of hydrogen-bond donors (Lipinski definition) is 2. The molecule has 1 saturated heterocycles. The van der Waals surface area contributed by atoms with Crippen molar-refractivity contribution in [2.24, 2.45) is 4.99 Å². The van der Waals surface area contributed by atoms with Gasteiger partial charge in [-0.25, -0.2) is 4.39 Å². The van der Waals surface area contributed by atoms with Crippen molar-refractivity contribution < 1.29 is 14.3 Å². The van der Waals surface area contributed by atoms with Crippen LogP contribution < -0.4 is 5.32 Å². The molecule has 4 rings (SSSR count). The van der Waals surface area contributed by atoms with Gasteiger partial charge in [-0.3, -0.25) is 14.8 Å². The van der Waals surface area contributed by atoms with Crippen LogP contribution in [0.2, 0.25) is 0 Å². The second-order valence-corrected chi connectivity index (χ2v) is 7.24. The zero-order valence-electron chi connectivity index (χ0n) is 14.7. The van der Waals surface area contributed by atoms with E-state index in [1.165, 1.54) is 23.9 Å². The van der Waals surface area contributed by atoms with Crippen LogP contribution >= 0.6 is 11.8 Å². The maximum absolute atomic E-state index is 13.4. The van der Waals surface area contributed by atoms with Gasteiger partial charge in [-0.1, -0.05) is 24.3 Å². The molecule has 0 saturated carbocycles. The van der Waals surface area contributed by atoms with E-state index in [4.69, 9.17) is 0 Å². The lowest BCUT2D eigenvalue weighted by Gasteiger charge is -2.10. The summed E-state index contributed by atoms with van der Waals surface area (Å²) in [7, 11) is 0. The largest absolute Gasteiger partial charge is 0.394 e. The molecule has 1 amide bonds. The quantitative estimate of drug-likeness (QED) is 0.664. The van der Waals surface area contributed by atoms with Crippen molar-refractivity contribution in [2.75, 3.05) is 6.61 Å². The number of aromatic nitrogens is 1. The molecule has 0 radical (unpaired) electrons. The first-order valence-electron chi connectivity index (χ1n) is 8.62. The lowest BCUT2D eigenvalue weighted by Crippen LogP contribution is -2.21. The van der Waals surface area contributed by atoms with Gasteiger partial charge >= 0.3 is 0 Å². The molecule has 0 bridgehead atoms. The molecule has 1 aromatic heterocycles. The Morgan fingerprint density at radius 3 is 2.93 bits per heavy atom. The second-order valence-electron chi connectivity index (χ2n) is 6.21. The highest BCUT2D eigenvalue weighted by Gasteiger charge is 2.25. The molecule has 2 aromatic carbocycles. The Hall–Kier alpha value is -3.03. The number of carbonyl (C=O) groups excluding carboxylic acids is 1. The Kier molecular flexibility index (Phi) is 5.18. The molecule has 5 nitrogen and oxygen atoms in total. The summed E-state index contributed by atoms with van der Waals surface area (Å²) in [6.07, 6.45) is 3.52. The molecular weight excluding hydrogens is 377 g/mol. The number of carbonyl (C=O) groups is 1. The number of aliphatic hydroxyl groups excluding tert-OH is 1. The summed E-state index contributed by atoms with van der Waals surface area (Å²) >= 11 is 1.19. The van der Waals surface area contributed by atoms with Crippen LogP contribution in [0.1, 0.15) is 17.2 Å². The van der Waals surface area contributed by atoms with Crippen molar-refractivity contribution in [3.05, 3.63) is 82.6 Å². The van der Waals surface area contributed by atoms with E-state index in [0.717, 1.165) is 16.5 Å². The number of benzene rings is 2. The number of amides is 1. The molecule has 1 aliphatic rings. The first kappa shape index (κ1) is 18.3. The van der Waals surface area contributed by atoms with Gasteiger partial charge in [0.1, 0.15) is 11.9 Å². The summed E-state index contributed by atoms with van der Waals surface area (Å²) in [6, 6.07) is 14.8. The maximum Gasteiger partial charge on any atom is 0.264 e. The Morgan fingerprint density at radius 2 is 2.11 bits per heavy atom. The summed E-state index contributed by atoms with van der Waals surface area (Å²) in [5, 5.41) is 13.7. The first-order chi connectivity index (χ1) is 13.6. The fourth-order valence-corrected chi connectivity index (χ4v) is 3.77. The highest BCUT2D eigenvalue weighted by atomic mass is 32.2. The average molecular weight is 393 g/mol. The van der Waals surface area contributed by atoms with Gasteiger partial charge in [0.05, 0.1) is 17.0 Å². The average Bonchev–Trinajstić information content (AvgIpc) is 3.05. The Balaban J connectivity index is 1.58. The Bertz CT molecular complexity index is 1110. The normalized spacial score (nSPS) is 18.0. The number of rotatable bonds is 4. The number of pyridine rings is 1. The standard InChI is InChI=1S/C21H16FN3O2S/c22-16-5-1-3-15(11-16)18(12-26)24-21-25-20(27)19(28-21)10-13-6-7-17-14(9-13)4-2-8-23-17/h1-11,18,26H,12H2,(H,24,25,27). The molecule has 2 heterocycles. The molecule has 0 spiro atoms. The number of aliphatic hydroxyl groups is 1. The number of aliphatic imine (C=N–C) groups is 1. The molecule has 3 aromatic rings. The minimum Gasteiger partial charge on any atom is -0.394 e. The highest BCUT2D eigenvalue weighted by Crippen LogP contribution is 2.29. The zero-order chi connectivity index (χ0) is 19.5. The van der Waals surface area contributed by atoms with Gasteiger partial charge in [0, 0.05) is 11.6 Å². The lowest BCUT2D eigenvalue weighted by atomic mass is 10.1. The number of amidine groups is 1. The van der Waals surface area contributed by atoms with E-state index in [2.05, 4.69) is 15.3 Å². The van der Waals surface area contributed by atoms with E-state index >= 15 is 0 Å². The molecule has 0 aliphatic carbocycles. The van der Waals surface area contributed by atoms with Crippen LogP contribution in [-0.2, 0) is 4.79 Å². The smallest absolute Gasteiger partial charge is 0.264 e. The monoisotopic (exact) mass is 393 g/mol. The number of nitrogens with zero attached hydrogens (tertiary/aromatic N) is 2. The minimum atomic E-state index is -0.649.